The summed E-state index contributed by atoms with van der Waals surface area (Å²) < 4.78 is 0. The Balaban J connectivity index is 2.78. The van der Waals surface area contributed by atoms with Crippen LogP contribution >= 0.6 is 11.6 Å². The lowest BCUT2D eigenvalue weighted by molar-refractivity contribution is 0.296. The van der Waals surface area contributed by atoms with Crippen molar-refractivity contribution in [3.05, 3.63) is 29.8 Å². The molecule has 0 saturated heterocycles. The number of nitrogens with zero attached hydrogens (tertiary/aromatic N) is 2. The van der Waals surface area contributed by atoms with Crippen molar-refractivity contribution < 1.29 is 0 Å². The average molecular weight is 254 g/mol. The maximum atomic E-state index is 5.62. The van der Waals surface area contributed by atoms with Crippen molar-refractivity contribution in [3.8, 4) is 0 Å². The molecule has 0 aromatic heterocycles. The summed E-state index contributed by atoms with van der Waals surface area (Å²) in [6, 6.07) is 8.09. The molecule has 1 aromatic rings. The lowest BCUT2D eigenvalue weighted by Crippen LogP contribution is -2.22. The zero-order valence-corrected chi connectivity index (χ0v) is 11.2. The largest absolute Gasteiger partial charge is 0.386 e. The second kappa shape index (κ2) is 7.30. The van der Waals surface area contributed by atoms with Crippen LogP contribution < -0.4 is 5.73 Å². The fourth-order valence-electron chi connectivity index (χ4n) is 1.63. The quantitative estimate of drug-likeness (QED) is 0.481. The highest BCUT2D eigenvalue weighted by molar-refractivity contribution is 6.28. The molecule has 0 amide bonds. The molecular weight excluding hydrogens is 234 g/mol. The van der Waals surface area contributed by atoms with Gasteiger partial charge in [-0.05, 0) is 30.8 Å². The lowest BCUT2D eigenvalue weighted by atomic mass is 10.2. The number of aliphatic imine (C=N–C) groups is 1. The van der Waals surface area contributed by atoms with E-state index in [0.717, 1.165) is 25.3 Å². The summed E-state index contributed by atoms with van der Waals surface area (Å²) >= 11 is 5.61. The van der Waals surface area contributed by atoms with Crippen molar-refractivity contribution in [2.75, 3.05) is 19.0 Å². The van der Waals surface area contributed by atoms with E-state index in [9.17, 15) is 0 Å². The Morgan fingerprint density at radius 2 is 2.06 bits per heavy atom. The molecule has 0 aliphatic rings. The van der Waals surface area contributed by atoms with Gasteiger partial charge in [-0.3, -0.25) is 4.90 Å². The third-order valence-corrected chi connectivity index (χ3v) is 2.89. The third kappa shape index (κ3) is 4.75. The minimum atomic E-state index is 0.264. The van der Waals surface area contributed by atoms with Crippen LogP contribution in [-0.2, 0) is 6.54 Å². The number of alkyl halides is 1. The monoisotopic (exact) mass is 253 g/mol. The Bertz CT molecular complexity index is 373. The van der Waals surface area contributed by atoms with Gasteiger partial charge in [-0.2, -0.15) is 0 Å². The van der Waals surface area contributed by atoms with E-state index in [1.165, 1.54) is 5.56 Å². The first-order valence-corrected chi connectivity index (χ1v) is 6.43. The number of benzene rings is 1. The summed E-state index contributed by atoms with van der Waals surface area (Å²) in [5.41, 5.74) is 7.73. The van der Waals surface area contributed by atoms with E-state index in [1.54, 1.807) is 0 Å². The zero-order chi connectivity index (χ0) is 12.7. The SMILES string of the molecule is CCN(CC)Cc1cccc(N=C(N)CCl)c1. The number of rotatable bonds is 6. The van der Waals surface area contributed by atoms with Crippen LogP contribution in [0, 0.1) is 0 Å². The molecule has 0 saturated carbocycles. The topological polar surface area (TPSA) is 41.6 Å². The summed E-state index contributed by atoms with van der Waals surface area (Å²) in [5.74, 6) is 0.715. The number of hydrogen-bond acceptors (Lipinski definition) is 2. The molecule has 4 heteroatoms. The maximum absolute atomic E-state index is 5.62. The first-order valence-electron chi connectivity index (χ1n) is 5.89. The molecule has 0 bridgehead atoms. The van der Waals surface area contributed by atoms with Crippen LogP contribution in [0.5, 0.6) is 0 Å². The standard InChI is InChI=1S/C13H20ClN3/c1-3-17(4-2)10-11-6-5-7-12(8-11)16-13(15)9-14/h5-8H,3-4,9-10H2,1-2H3,(H2,15,16). The third-order valence-electron chi connectivity index (χ3n) is 2.62. The molecule has 0 unspecified atom stereocenters. The Morgan fingerprint density at radius 1 is 1.35 bits per heavy atom. The summed E-state index contributed by atoms with van der Waals surface area (Å²) in [7, 11) is 0. The molecule has 94 valence electrons. The average Bonchev–Trinajstić information content (AvgIpc) is 2.36. The van der Waals surface area contributed by atoms with Crippen molar-refractivity contribution in [3.63, 3.8) is 0 Å². The summed E-state index contributed by atoms with van der Waals surface area (Å²) in [6.07, 6.45) is 0. The molecule has 0 aliphatic heterocycles. The van der Waals surface area contributed by atoms with Gasteiger partial charge in [-0.25, -0.2) is 4.99 Å². The first-order chi connectivity index (χ1) is 8.19. The molecular formula is C13H20ClN3. The summed E-state index contributed by atoms with van der Waals surface area (Å²) in [4.78, 5) is 6.60. The van der Waals surface area contributed by atoms with Gasteiger partial charge in [0.25, 0.3) is 0 Å². The van der Waals surface area contributed by atoms with Crippen LogP contribution in [0.4, 0.5) is 5.69 Å². The molecule has 1 aromatic carbocycles. The van der Waals surface area contributed by atoms with Crippen molar-refractivity contribution >= 4 is 23.1 Å². The zero-order valence-electron chi connectivity index (χ0n) is 10.5. The van der Waals surface area contributed by atoms with Gasteiger partial charge in [0.05, 0.1) is 11.6 Å². The summed E-state index contributed by atoms with van der Waals surface area (Å²) in [5, 5.41) is 0. The molecule has 2 N–H and O–H groups in total. The number of amidine groups is 1. The highest BCUT2D eigenvalue weighted by atomic mass is 35.5. The molecule has 0 atom stereocenters. The van der Waals surface area contributed by atoms with E-state index in [2.05, 4.69) is 35.9 Å². The van der Waals surface area contributed by atoms with Gasteiger partial charge in [-0.15, -0.1) is 11.6 Å². The maximum Gasteiger partial charge on any atom is 0.115 e. The molecule has 3 nitrogen and oxygen atoms in total. The minimum Gasteiger partial charge on any atom is -0.386 e. The predicted octanol–water partition coefficient (Wildman–Crippen LogP) is 2.76. The Hall–Kier alpha value is -1.06. The molecule has 1 rings (SSSR count). The van der Waals surface area contributed by atoms with E-state index in [4.69, 9.17) is 17.3 Å². The molecule has 0 spiro atoms. The molecule has 0 radical (unpaired) electrons. The van der Waals surface area contributed by atoms with E-state index in [0.29, 0.717) is 5.84 Å². The van der Waals surface area contributed by atoms with Crippen molar-refractivity contribution in [1.29, 1.82) is 0 Å². The molecule has 0 fully saturated rings. The van der Waals surface area contributed by atoms with Gasteiger partial charge >= 0.3 is 0 Å². The van der Waals surface area contributed by atoms with Gasteiger partial charge < -0.3 is 5.73 Å². The Morgan fingerprint density at radius 3 is 2.65 bits per heavy atom. The molecule has 17 heavy (non-hydrogen) atoms. The first kappa shape index (κ1) is 14.0. The van der Waals surface area contributed by atoms with Crippen molar-refractivity contribution in [2.24, 2.45) is 10.7 Å². The highest BCUT2D eigenvalue weighted by Gasteiger charge is 2.01. The van der Waals surface area contributed by atoms with Crippen LogP contribution in [0.1, 0.15) is 19.4 Å². The van der Waals surface area contributed by atoms with E-state index < -0.39 is 0 Å². The van der Waals surface area contributed by atoms with E-state index in [1.807, 2.05) is 12.1 Å². The van der Waals surface area contributed by atoms with Crippen LogP contribution in [0.25, 0.3) is 0 Å². The highest BCUT2D eigenvalue weighted by Crippen LogP contribution is 2.15. The minimum absolute atomic E-state index is 0.264. The van der Waals surface area contributed by atoms with E-state index in [-0.39, 0.29) is 5.88 Å². The van der Waals surface area contributed by atoms with Crippen molar-refractivity contribution in [1.82, 2.24) is 4.90 Å². The fourth-order valence-corrected chi connectivity index (χ4v) is 1.69. The number of halogens is 1. The molecule has 0 heterocycles. The number of hydrogen-bond donors (Lipinski definition) is 1. The van der Waals surface area contributed by atoms with Crippen LogP contribution in [0.2, 0.25) is 0 Å². The van der Waals surface area contributed by atoms with Gasteiger partial charge in [-0.1, -0.05) is 26.0 Å². The van der Waals surface area contributed by atoms with Crippen LogP contribution in [-0.4, -0.2) is 29.7 Å². The Kier molecular flexibility index (Phi) is 6.01. The van der Waals surface area contributed by atoms with Crippen LogP contribution in [0.3, 0.4) is 0 Å². The lowest BCUT2D eigenvalue weighted by Gasteiger charge is -2.18. The number of nitrogens with two attached hydrogens (primary N) is 1. The smallest absolute Gasteiger partial charge is 0.115 e. The van der Waals surface area contributed by atoms with Crippen LogP contribution in [0.15, 0.2) is 29.3 Å². The fraction of sp³-hybridized carbons (Fsp3) is 0.462. The van der Waals surface area contributed by atoms with Gasteiger partial charge in [0.1, 0.15) is 5.84 Å². The molecule has 0 aliphatic carbocycles. The summed E-state index contributed by atoms with van der Waals surface area (Å²) in [6.45, 7) is 7.37. The second-order valence-electron chi connectivity index (χ2n) is 3.87. The van der Waals surface area contributed by atoms with Gasteiger partial charge in [0.15, 0.2) is 0 Å². The Labute approximate surface area is 108 Å². The predicted molar refractivity (Wildman–Crippen MR) is 75.1 cm³/mol. The normalized spacial score (nSPS) is 12.1. The van der Waals surface area contributed by atoms with E-state index >= 15 is 0 Å². The van der Waals surface area contributed by atoms with Crippen molar-refractivity contribution in [2.45, 2.75) is 20.4 Å². The van der Waals surface area contributed by atoms with Gasteiger partial charge in [0.2, 0.25) is 0 Å². The van der Waals surface area contributed by atoms with Gasteiger partial charge in [0, 0.05) is 6.54 Å². The second-order valence-corrected chi connectivity index (χ2v) is 4.14.